The molecule has 1 aliphatic heterocycles. The predicted molar refractivity (Wildman–Crippen MR) is 73.4 cm³/mol. The van der Waals surface area contributed by atoms with Gasteiger partial charge in [0.15, 0.2) is 0 Å². The monoisotopic (exact) mass is 284 g/mol. The molecule has 0 aromatic heterocycles. The third-order valence-corrected chi connectivity index (χ3v) is 5.34. The Bertz CT molecular complexity index is 557. The lowest BCUT2D eigenvalue weighted by molar-refractivity contribution is 0.113. The van der Waals surface area contributed by atoms with Gasteiger partial charge in [0.25, 0.3) is 0 Å². The first-order valence-corrected chi connectivity index (χ1v) is 7.67. The Morgan fingerprint density at radius 2 is 2.00 bits per heavy atom. The summed E-state index contributed by atoms with van der Waals surface area (Å²) in [5.41, 5.74) is 0.907. The minimum absolute atomic E-state index is 0.152. The number of hydrogen-bond acceptors (Lipinski definition) is 4. The second kappa shape index (κ2) is 5.20. The third-order valence-electron chi connectivity index (χ3n) is 3.52. The molecular weight excluding hydrogens is 264 g/mol. The van der Waals surface area contributed by atoms with Crippen LogP contribution in [0.5, 0.6) is 0 Å². The van der Waals surface area contributed by atoms with Gasteiger partial charge in [0, 0.05) is 13.1 Å². The number of sulfonamides is 1. The summed E-state index contributed by atoms with van der Waals surface area (Å²) in [6.07, 6.45) is -0.644. The highest BCUT2D eigenvalue weighted by Gasteiger charge is 2.39. The van der Waals surface area contributed by atoms with E-state index in [0.29, 0.717) is 11.4 Å². The molecule has 0 spiro atoms. The molecule has 1 N–H and O–H groups in total. The summed E-state index contributed by atoms with van der Waals surface area (Å²) in [6.45, 7) is 2.34. The number of nitrogens with zero attached hydrogens (tertiary/aromatic N) is 2. The first-order chi connectivity index (χ1) is 8.82. The van der Waals surface area contributed by atoms with E-state index in [0.717, 1.165) is 5.56 Å². The van der Waals surface area contributed by atoms with Gasteiger partial charge in [-0.2, -0.15) is 4.31 Å². The molecule has 1 aliphatic rings. The third kappa shape index (κ3) is 2.81. The molecule has 1 fully saturated rings. The zero-order chi connectivity index (χ0) is 14.2. The van der Waals surface area contributed by atoms with Gasteiger partial charge >= 0.3 is 0 Å². The van der Waals surface area contributed by atoms with Gasteiger partial charge in [-0.3, -0.25) is 0 Å². The molecule has 1 heterocycles. The fraction of sp³-hybridized carbons (Fsp3) is 0.538. The van der Waals surface area contributed by atoms with E-state index in [-0.39, 0.29) is 12.6 Å². The van der Waals surface area contributed by atoms with Crippen LogP contribution in [0, 0.1) is 6.92 Å². The Hall–Kier alpha value is -0.950. The normalized spacial score (nSPS) is 25.1. The van der Waals surface area contributed by atoms with Crippen LogP contribution in [0.4, 0.5) is 0 Å². The summed E-state index contributed by atoms with van der Waals surface area (Å²) in [7, 11) is 0.174. The van der Waals surface area contributed by atoms with Crippen molar-refractivity contribution in [2.45, 2.75) is 24.0 Å². The van der Waals surface area contributed by atoms with Crippen LogP contribution in [0.1, 0.15) is 5.56 Å². The second-order valence-corrected chi connectivity index (χ2v) is 7.17. The Morgan fingerprint density at radius 1 is 1.32 bits per heavy atom. The molecule has 1 aromatic rings. The zero-order valence-corrected chi connectivity index (χ0v) is 12.3. The van der Waals surface area contributed by atoms with Crippen LogP contribution in [0.15, 0.2) is 29.2 Å². The Balaban J connectivity index is 2.27. The molecule has 106 valence electrons. The molecule has 0 saturated carbocycles. The predicted octanol–water partition coefficient (Wildman–Crippen LogP) is 0.290. The smallest absolute Gasteiger partial charge is 0.243 e. The quantitative estimate of drug-likeness (QED) is 0.867. The molecule has 2 rings (SSSR count). The van der Waals surface area contributed by atoms with Gasteiger partial charge in [-0.1, -0.05) is 12.1 Å². The summed E-state index contributed by atoms with van der Waals surface area (Å²) in [5, 5.41) is 9.95. The lowest BCUT2D eigenvalue weighted by Crippen LogP contribution is -2.38. The summed E-state index contributed by atoms with van der Waals surface area (Å²) >= 11 is 0. The number of rotatable bonds is 3. The summed E-state index contributed by atoms with van der Waals surface area (Å²) in [5.74, 6) is 0. The van der Waals surface area contributed by atoms with Crippen molar-refractivity contribution in [1.29, 1.82) is 0 Å². The Morgan fingerprint density at radius 3 is 2.53 bits per heavy atom. The average molecular weight is 284 g/mol. The molecule has 0 unspecified atom stereocenters. The molecule has 19 heavy (non-hydrogen) atoms. The Kier molecular flexibility index (Phi) is 3.96. The summed E-state index contributed by atoms with van der Waals surface area (Å²) in [6, 6.07) is 6.70. The first-order valence-electron chi connectivity index (χ1n) is 6.23. The standard InChI is InChI=1S/C13H20N2O3S/c1-10-5-4-6-11(7-10)19(17,18)15-8-12(14(2)3)13(16)9-15/h4-7,12-13,16H,8-9H2,1-3H3/t12-,13-/m0/s1. The van der Waals surface area contributed by atoms with Crippen molar-refractivity contribution in [2.24, 2.45) is 0 Å². The topological polar surface area (TPSA) is 60.9 Å². The van der Waals surface area contributed by atoms with Crippen molar-refractivity contribution < 1.29 is 13.5 Å². The van der Waals surface area contributed by atoms with E-state index in [1.807, 2.05) is 32.0 Å². The highest BCUT2D eigenvalue weighted by atomic mass is 32.2. The number of likely N-dealkylation sites (N-methyl/N-ethyl adjacent to an activating group) is 1. The van der Waals surface area contributed by atoms with Crippen LogP contribution in [0.2, 0.25) is 0 Å². The zero-order valence-electron chi connectivity index (χ0n) is 11.4. The number of aryl methyl sites for hydroxylation is 1. The molecule has 5 nitrogen and oxygen atoms in total. The first kappa shape index (κ1) is 14.5. The van der Waals surface area contributed by atoms with Crippen molar-refractivity contribution in [1.82, 2.24) is 9.21 Å². The van der Waals surface area contributed by atoms with E-state index in [1.54, 1.807) is 18.2 Å². The van der Waals surface area contributed by atoms with Gasteiger partial charge < -0.3 is 10.0 Å². The van der Waals surface area contributed by atoms with E-state index in [2.05, 4.69) is 0 Å². The fourth-order valence-electron chi connectivity index (χ4n) is 2.36. The molecule has 6 heteroatoms. The van der Waals surface area contributed by atoms with Gasteiger partial charge in [0.2, 0.25) is 10.0 Å². The van der Waals surface area contributed by atoms with Gasteiger partial charge in [-0.05, 0) is 38.7 Å². The second-order valence-electron chi connectivity index (χ2n) is 5.24. The van der Waals surface area contributed by atoms with E-state index < -0.39 is 16.1 Å². The molecule has 1 aromatic carbocycles. The van der Waals surface area contributed by atoms with Crippen molar-refractivity contribution in [2.75, 3.05) is 27.2 Å². The Labute approximate surface area is 114 Å². The highest BCUT2D eigenvalue weighted by Crippen LogP contribution is 2.23. The molecule has 0 aliphatic carbocycles. The van der Waals surface area contributed by atoms with Gasteiger partial charge in [0.05, 0.1) is 17.0 Å². The van der Waals surface area contributed by atoms with Crippen LogP contribution in [-0.2, 0) is 10.0 Å². The number of aliphatic hydroxyl groups excluding tert-OH is 1. The highest BCUT2D eigenvalue weighted by molar-refractivity contribution is 7.89. The largest absolute Gasteiger partial charge is 0.390 e. The van der Waals surface area contributed by atoms with Crippen molar-refractivity contribution >= 4 is 10.0 Å². The maximum atomic E-state index is 12.5. The van der Waals surface area contributed by atoms with Crippen LogP contribution in [0.3, 0.4) is 0 Å². The van der Waals surface area contributed by atoms with Crippen LogP contribution >= 0.6 is 0 Å². The maximum absolute atomic E-state index is 12.5. The summed E-state index contributed by atoms with van der Waals surface area (Å²) in [4.78, 5) is 2.15. The molecule has 1 saturated heterocycles. The van der Waals surface area contributed by atoms with Crippen molar-refractivity contribution in [3.63, 3.8) is 0 Å². The minimum atomic E-state index is -3.51. The van der Waals surface area contributed by atoms with Gasteiger partial charge in [-0.25, -0.2) is 8.42 Å². The van der Waals surface area contributed by atoms with Crippen LogP contribution in [-0.4, -0.2) is 62.1 Å². The number of β-amino-alcohol motifs (C(OH)–C–C–N with tert-alkyl or cyclic N) is 1. The van der Waals surface area contributed by atoms with E-state index >= 15 is 0 Å². The SMILES string of the molecule is Cc1cccc(S(=O)(=O)N2C[C@H](O)[C@@H](N(C)C)C2)c1. The summed E-state index contributed by atoms with van der Waals surface area (Å²) < 4.78 is 26.4. The average Bonchev–Trinajstić information content (AvgIpc) is 2.72. The van der Waals surface area contributed by atoms with Crippen molar-refractivity contribution in [3.8, 4) is 0 Å². The lowest BCUT2D eigenvalue weighted by Gasteiger charge is -2.21. The van der Waals surface area contributed by atoms with E-state index in [1.165, 1.54) is 4.31 Å². The van der Waals surface area contributed by atoms with Crippen LogP contribution in [0.25, 0.3) is 0 Å². The van der Waals surface area contributed by atoms with E-state index in [9.17, 15) is 13.5 Å². The van der Waals surface area contributed by atoms with E-state index in [4.69, 9.17) is 0 Å². The number of hydrogen-bond donors (Lipinski definition) is 1. The molecular formula is C13H20N2O3S. The maximum Gasteiger partial charge on any atom is 0.243 e. The molecule has 0 amide bonds. The van der Waals surface area contributed by atoms with Gasteiger partial charge in [-0.15, -0.1) is 0 Å². The fourth-order valence-corrected chi connectivity index (χ4v) is 3.95. The molecule has 0 radical (unpaired) electrons. The lowest BCUT2D eigenvalue weighted by atomic mass is 10.2. The van der Waals surface area contributed by atoms with Gasteiger partial charge in [0.1, 0.15) is 0 Å². The van der Waals surface area contributed by atoms with Crippen LogP contribution < -0.4 is 0 Å². The minimum Gasteiger partial charge on any atom is -0.390 e. The molecule has 0 bridgehead atoms. The number of aliphatic hydroxyl groups is 1. The number of benzene rings is 1. The van der Waals surface area contributed by atoms with Crippen molar-refractivity contribution in [3.05, 3.63) is 29.8 Å². The molecule has 2 atom stereocenters.